The largest absolute Gasteiger partial charge is 0.488 e. The van der Waals surface area contributed by atoms with Crippen LogP contribution < -0.4 is 4.74 Å². The SMILES string of the molecule is CC.Cc1ccc(-c2cc(Br)ccc2OCc2cc(F)c(F)cc2F)n1-c1cccc(C(=O)O)c1. The van der Waals surface area contributed by atoms with E-state index in [2.05, 4.69) is 15.9 Å². The Morgan fingerprint density at radius 1 is 0.943 bits per heavy atom. The van der Waals surface area contributed by atoms with E-state index >= 15 is 0 Å². The molecule has 0 aliphatic rings. The Morgan fingerprint density at radius 2 is 1.66 bits per heavy atom. The van der Waals surface area contributed by atoms with Gasteiger partial charge in [-0.1, -0.05) is 35.8 Å². The second kappa shape index (κ2) is 11.3. The van der Waals surface area contributed by atoms with Crippen LogP contribution in [0, 0.1) is 24.4 Å². The molecule has 0 radical (unpaired) electrons. The summed E-state index contributed by atoms with van der Waals surface area (Å²) in [7, 11) is 0. The summed E-state index contributed by atoms with van der Waals surface area (Å²) in [6.07, 6.45) is 0. The summed E-state index contributed by atoms with van der Waals surface area (Å²) in [4.78, 5) is 11.4. The standard InChI is InChI=1S/C25H17BrF3NO3.C2H6/c1-14-5-7-23(30(14)18-4-2-3-15(9-18)25(31)32)19-11-17(26)6-8-24(19)33-13-16-10-21(28)22(29)12-20(16)27;1-2/h2-12H,13H2,1H3,(H,31,32);1-2H3. The van der Waals surface area contributed by atoms with Crippen LogP contribution in [0.3, 0.4) is 0 Å². The van der Waals surface area contributed by atoms with Crippen molar-refractivity contribution in [3.05, 3.63) is 105 Å². The van der Waals surface area contributed by atoms with E-state index in [4.69, 9.17) is 4.74 Å². The van der Waals surface area contributed by atoms with Crippen LogP contribution in [-0.4, -0.2) is 15.6 Å². The minimum atomic E-state index is -1.27. The number of ether oxygens (including phenoxy) is 1. The van der Waals surface area contributed by atoms with Crippen LogP contribution in [0.25, 0.3) is 16.9 Å². The van der Waals surface area contributed by atoms with Crippen LogP contribution in [0.15, 0.2) is 71.2 Å². The average Bonchev–Trinajstić information content (AvgIpc) is 3.23. The Kier molecular flexibility index (Phi) is 8.40. The molecule has 0 aliphatic carbocycles. The molecule has 0 amide bonds. The quantitative estimate of drug-likeness (QED) is 0.250. The molecule has 4 aromatic rings. The zero-order valence-corrected chi connectivity index (χ0v) is 20.9. The zero-order chi connectivity index (χ0) is 25.7. The number of nitrogens with zero attached hydrogens (tertiary/aromatic N) is 1. The molecule has 0 atom stereocenters. The maximum atomic E-state index is 14.1. The molecule has 3 aromatic carbocycles. The van der Waals surface area contributed by atoms with Crippen LogP contribution in [-0.2, 0) is 6.61 Å². The smallest absolute Gasteiger partial charge is 0.335 e. The molecule has 8 heteroatoms. The first-order valence-electron chi connectivity index (χ1n) is 10.8. The predicted molar refractivity (Wildman–Crippen MR) is 133 cm³/mol. The van der Waals surface area contributed by atoms with Crippen LogP contribution in [0.5, 0.6) is 5.75 Å². The number of aryl methyl sites for hydroxylation is 1. The van der Waals surface area contributed by atoms with Gasteiger partial charge in [0.05, 0.1) is 11.3 Å². The first-order chi connectivity index (χ1) is 16.7. The van der Waals surface area contributed by atoms with E-state index < -0.39 is 23.4 Å². The van der Waals surface area contributed by atoms with Crippen LogP contribution in [0.4, 0.5) is 13.2 Å². The molecule has 35 heavy (non-hydrogen) atoms. The van der Waals surface area contributed by atoms with Crippen molar-refractivity contribution in [2.75, 3.05) is 0 Å². The van der Waals surface area contributed by atoms with Gasteiger partial charge < -0.3 is 14.4 Å². The fourth-order valence-corrected chi connectivity index (χ4v) is 3.89. The van der Waals surface area contributed by atoms with Gasteiger partial charge in [-0.15, -0.1) is 0 Å². The van der Waals surface area contributed by atoms with Gasteiger partial charge in [0.1, 0.15) is 18.2 Å². The third kappa shape index (κ3) is 5.77. The molecule has 0 aliphatic heterocycles. The highest BCUT2D eigenvalue weighted by Gasteiger charge is 2.17. The fourth-order valence-electron chi connectivity index (χ4n) is 3.53. The molecular formula is C27H23BrF3NO3. The number of rotatable bonds is 6. The van der Waals surface area contributed by atoms with Crippen LogP contribution in [0.1, 0.15) is 35.5 Å². The molecule has 1 aromatic heterocycles. The van der Waals surface area contributed by atoms with Gasteiger partial charge in [0, 0.05) is 33.0 Å². The van der Waals surface area contributed by atoms with Gasteiger partial charge in [-0.2, -0.15) is 0 Å². The molecule has 4 nitrogen and oxygen atoms in total. The van der Waals surface area contributed by atoms with Crippen molar-refractivity contribution in [3.63, 3.8) is 0 Å². The monoisotopic (exact) mass is 545 g/mol. The predicted octanol–water partition coefficient (Wildman–Crippen LogP) is 7.94. The number of halogens is 4. The molecular weight excluding hydrogens is 523 g/mol. The lowest BCUT2D eigenvalue weighted by atomic mass is 10.1. The van der Waals surface area contributed by atoms with E-state index in [-0.39, 0.29) is 17.7 Å². The van der Waals surface area contributed by atoms with E-state index in [9.17, 15) is 23.1 Å². The molecule has 182 valence electrons. The van der Waals surface area contributed by atoms with Gasteiger partial charge in [-0.25, -0.2) is 18.0 Å². The number of benzene rings is 3. The fraction of sp³-hybridized carbons (Fsp3) is 0.148. The van der Waals surface area contributed by atoms with E-state index in [0.717, 1.165) is 16.2 Å². The minimum Gasteiger partial charge on any atom is -0.488 e. The molecule has 0 unspecified atom stereocenters. The summed E-state index contributed by atoms with van der Waals surface area (Å²) in [6, 6.07) is 16.7. The third-order valence-corrected chi connectivity index (χ3v) is 5.61. The van der Waals surface area contributed by atoms with Gasteiger partial charge in [-0.05, 0) is 61.5 Å². The first-order valence-corrected chi connectivity index (χ1v) is 11.6. The number of carboxylic acids is 1. The number of hydrogen-bond donors (Lipinski definition) is 1. The number of carbonyl (C=O) groups is 1. The van der Waals surface area contributed by atoms with Crippen LogP contribution in [0.2, 0.25) is 0 Å². The molecule has 1 heterocycles. The highest BCUT2D eigenvalue weighted by atomic mass is 79.9. The Hall–Kier alpha value is -3.52. The van der Waals surface area contributed by atoms with Crippen molar-refractivity contribution in [2.24, 2.45) is 0 Å². The first kappa shape index (κ1) is 26.1. The Morgan fingerprint density at radius 3 is 2.37 bits per heavy atom. The van der Waals surface area contributed by atoms with Gasteiger partial charge in [0.2, 0.25) is 0 Å². The number of hydrogen-bond acceptors (Lipinski definition) is 2. The van der Waals surface area contributed by atoms with Crippen molar-refractivity contribution in [2.45, 2.75) is 27.4 Å². The Balaban J connectivity index is 0.00000167. The highest BCUT2D eigenvalue weighted by Crippen LogP contribution is 2.36. The van der Waals surface area contributed by atoms with E-state index in [1.807, 2.05) is 43.5 Å². The molecule has 0 saturated heterocycles. The van der Waals surface area contributed by atoms with Gasteiger partial charge in [-0.3, -0.25) is 0 Å². The lowest BCUT2D eigenvalue weighted by molar-refractivity contribution is 0.0697. The average molecular weight is 546 g/mol. The summed E-state index contributed by atoms with van der Waals surface area (Å²) >= 11 is 3.44. The number of aromatic carboxylic acids is 1. The summed E-state index contributed by atoms with van der Waals surface area (Å²) in [5.74, 6) is -3.98. The zero-order valence-electron chi connectivity index (χ0n) is 19.3. The molecule has 4 rings (SSSR count). The number of aromatic nitrogens is 1. The maximum Gasteiger partial charge on any atom is 0.335 e. The summed E-state index contributed by atoms with van der Waals surface area (Å²) in [6.45, 7) is 5.57. The van der Waals surface area contributed by atoms with E-state index in [1.165, 1.54) is 6.07 Å². The van der Waals surface area contributed by atoms with Crippen molar-refractivity contribution in [3.8, 4) is 22.7 Å². The van der Waals surface area contributed by atoms with E-state index in [0.29, 0.717) is 28.8 Å². The minimum absolute atomic E-state index is 0.122. The molecule has 0 fully saturated rings. The second-order valence-corrected chi connectivity index (χ2v) is 8.25. The normalized spacial score (nSPS) is 10.5. The maximum absolute atomic E-state index is 14.1. The molecule has 0 saturated carbocycles. The topological polar surface area (TPSA) is 51.5 Å². The van der Waals surface area contributed by atoms with Gasteiger partial charge in [0.25, 0.3) is 0 Å². The van der Waals surface area contributed by atoms with E-state index in [1.54, 1.807) is 30.3 Å². The van der Waals surface area contributed by atoms with Crippen LogP contribution >= 0.6 is 15.9 Å². The van der Waals surface area contributed by atoms with Gasteiger partial charge in [0.15, 0.2) is 11.6 Å². The molecule has 0 bridgehead atoms. The summed E-state index contributed by atoms with van der Waals surface area (Å²) in [5, 5.41) is 9.36. The van der Waals surface area contributed by atoms with Crippen molar-refractivity contribution >= 4 is 21.9 Å². The van der Waals surface area contributed by atoms with Gasteiger partial charge >= 0.3 is 5.97 Å². The number of carboxylic acid groups (broad SMARTS) is 1. The van der Waals surface area contributed by atoms with Crippen molar-refractivity contribution in [1.29, 1.82) is 0 Å². The lowest BCUT2D eigenvalue weighted by Crippen LogP contribution is -2.05. The lowest BCUT2D eigenvalue weighted by Gasteiger charge is -2.17. The van der Waals surface area contributed by atoms with Crippen molar-refractivity contribution in [1.82, 2.24) is 4.57 Å². The molecule has 1 N–H and O–H groups in total. The second-order valence-electron chi connectivity index (χ2n) is 7.34. The highest BCUT2D eigenvalue weighted by molar-refractivity contribution is 9.10. The Labute approximate surface area is 209 Å². The third-order valence-electron chi connectivity index (χ3n) is 5.12. The molecule has 0 spiro atoms. The summed E-state index contributed by atoms with van der Waals surface area (Å²) in [5.41, 5.74) is 2.86. The van der Waals surface area contributed by atoms with Crippen molar-refractivity contribution < 1.29 is 27.8 Å². The summed E-state index contributed by atoms with van der Waals surface area (Å²) < 4.78 is 49.3. The Bertz CT molecular complexity index is 1370.